The van der Waals surface area contributed by atoms with Crippen molar-refractivity contribution in [2.24, 2.45) is 5.73 Å². The third-order valence-corrected chi connectivity index (χ3v) is 2.88. The Bertz CT molecular complexity index is 770. The summed E-state index contributed by atoms with van der Waals surface area (Å²) < 4.78 is 5.00. The van der Waals surface area contributed by atoms with Crippen molar-refractivity contribution in [2.75, 3.05) is 6.61 Å². The van der Waals surface area contributed by atoms with Gasteiger partial charge in [0.2, 0.25) is 0 Å². The molecule has 0 aliphatic rings. The highest BCUT2D eigenvalue weighted by molar-refractivity contribution is 5.78. The van der Waals surface area contributed by atoms with Crippen molar-refractivity contribution in [3.05, 3.63) is 40.8 Å². The predicted octanol–water partition coefficient (Wildman–Crippen LogP) is 0.503. The summed E-state index contributed by atoms with van der Waals surface area (Å²) in [5.41, 5.74) is 8.35. The van der Waals surface area contributed by atoms with E-state index in [0.29, 0.717) is 16.9 Å². The average Bonchev–Trinajstić information content (AvgIpc) is 3.01. The second-order valence-corrected chi connectivity index (χ2v) is 4.20. The van der Waals surface area contributed by atoms with Gasteiger partial charge in [0.1, 0.15) is 5.82 Å². The van der Waals surface area contributed by atoms with E-state index >= 15 is 0 Å². The summed E-state index contributed by atoms with van der Waals surface area (Å²) in [5, 5.41) is 8.97. The maximum atomic E-state index is 11.1. The molecule has 19 heavy (non-hydrogen) atoms. The molecule has 1 aromatic carbocycles. The number of nitrogens with zero attached hydrogens (tertiary/aromatic N) is 1. The summed E-state index contributed by atoms with van der Waals surface area (Å²) in [7, 11) is 0. The van der Waals surface area contributed by atoms with Gasteiger partial charge in [-0.1, -0.05) is 6.07 Å². The van der Waals surface area contributed by atoms with Crippen molar-refractivity contribution in [1.82, 2.24) is 15.0 Å². The zero-order chi connectivity index (χ0) is 13.4. The van der Waals surface area contributed by atoms with Gasteiger partial charge in [0, 0.05) is 5.56 Å². The van der Waals surface area contributed by atoms with E-state index in [1.165, 1.54) is 0 Å². The molecule has 2 aromatic heterocycles. The Morgan fingerprint density at radius 1 is 1.42 bits per heavy atom. The highest BCUT2D eigenvalue weighted by Crippen LogP contribution is 2.22. The second kappa shape index (κ2) is 4.38. The van der Waals surface area contributed by atoms with Crippen molar-refractivity contribution in [3.63, 3.8) is 0 Å². The predicted molar refractivity (Wildman–Crippen MR) is 68.4 cm³/mol. The monoisotopic (exact) mass is 260 g/mol. The summed E-state index contributed by atoms with van der Waals surface area (Å²) in [5.74, 6) is 0.0212. The van der Waals surface area contributed by atoms with E-state index in [1.54, 1.807) is 18.3 Å². The number of aromatic amines is 2. The SMILES string of the molecule is NC(CO)c1ncc(-c2ccc3[nH]c(=O)oc3c2)[nH]1. The number of H-pyrrole nitrogens is 2. The lowest BCUT2D eigenvalue weighted by atomic mass is 10.1. The number of imidazole rings is 1. The van der Waals surface area contributed by atoms with Crippen LogP contribution < -0.4 is 11.5 Å². The molecule has 3 aromatic rings. The van der Waals surface area contributed by atoms with E-state index in [2.05, 4.69) is 15.0 Å². The highest BCUT2D eigenvalue weighted by atomic mass is 16.4. The molecule has 0 saturated carbocycles. The van der Waals surface area contributed by atoms with Crippen LogP contribution in [0.1, 0.15) is 11.9 Å². The van der Waals surface area contributed by atoms with Gasteiger partial charge in [-0.15, -0.1) is 0 Å². The Hall–Kier alpha value is -2.38. The minimum absolute atomic E-state index is 0.182. The molecule has 0 spiro atoms. The lowest BCUT2D eigenvalue weighted by molar-refractivity contribution is 0.264. The minimum atomic E-state index is -0.539. The molecular weight excluding hydrogens is 248 g/mol. The number of hydrogen-bond donors (Lipinski definition) is 4. The first-order valence-electron chi connectivity index (χ1n) is 5.72. The van der Waals surface area contributed by atoms with Crippen LogP contribution in [0.15, 0.2) is 33.6 Å². The van der Waals surface area contributed by atoms with Gasteiger partial charge >= 0.3 is 5.76 Å². The molecule has 5 N–H and O–H groups in total. The van der Waals surface area contributed by atoms with Crippen molar-refractivity contribution in [2.45, 2.75) is 6.04 Å². The standard InChI is InChI=1S/C12H12N4O3/c13-7(5-17)11-14-4-9(15-11)6-1-2-8-10(3-6)19-12(18)16-8/h1-4,7,17H,5,13H2,(H,14,15)(H,16,18). The number of fused-ring (bicyclic) bond motifs is 1. The lowest BCUT2D eigenvalue weighted by Crippen LogP contribution is -2.15. The zero-order valence-electron chi connectivity index (χ0n) is 9.88. The average molecular weight is 260 g/mol. The molecule has 0 aliphatic carbocycles. The zero-order valence-corrected chi connectivity index (χ0v) is 9.88. The topological polar surface area (TPSA) is 121 Å². The molecule has 3 rings (SSSR count). The smallest absolute Gasteiger partial charge is 0.408 e. The minimum Gasteiger partial charge on any atom is -0.408 e. The fourth-order valence-corrected chi connectivity index (χ4v) is 1.87. The molecule has 1 atom stereocenters. The van der Waals surface area contributed by atoms with Crippen molar-refractivity contribution < 1.29 is 9.52 Å². The number of nitrogens with two attached hydrogens (primary N) is 1. The van der Waals surface area contributed by atoms with E-state index in [1.807, 2.05) is 6.07 Å². The van der Waals surface area contributed by atoms with Crippen molar-refractivity contribution >= 4 is 11.1 Å². The number of benzene rings is 1. The summed E-state index contributed by atoms with van der Waals surface area (Å²) in [6, 6.07) is 4.77. The number of aliphatic hydroxyl groups is 1. The first kappa shape index (κ1) is 11.7. The first-order valence-corrected chi connectivity index (χ1v) is 5.72. The van der Waals surface area contributed by atoms with E-state index in [-0.39, 0.29) is 6.61 Å². The third kappa shape index (κ3) is 2.05. The normalized spacial score (nSPS) is 12.9. The van der Waals surface area contributed by atoms with E-state index in [9.17, 15) is 4.79 Å². The Morgan fingerprint density at radius 3 is 3.05 bits per heavy atom. The molecule has 0 saturated heterocycles. The molecule has 0 aliphatic heterocycles. The first-order chi connectivity index (χ1) is 9.17. The van der Waals surface area contributed by atoms with Gasteiger partial charge in [-0.25, -0.2) is 9.78 Å². The molecule has 7 nitrogen and oxygen atoms in total. The highest BCUT2D eigenvalue weighted by Gasteiger charge is 2.11. The van der Waals surface area contributed by atoms with E-state index in [0.717, 1.165) is 11.3 Å². The van der Waals surface area contributed by atoms with E-state index in [4.69, 9.17) is 15.3 Å². The van der Waals surface area contributed by atoms with Crippen LogP contribution in [0, 0.1) is 0 Å². The number of aliphatic hydroxyl groups excluding tert-OH is 1. The molecule has 98 valence electrons. The Labute approximate surface area is 107 Å². The van der Waals surface area contributed by atoms with Crippen LogP contribution >= 0.6 is 0 Å². The summed E-state index contributed by atoms with van der Waals surface area (Å²) >= 11 is 0. The summed E-state index contributed by atoms with van der Waals surface area (Å²) in [6.07, 6.45) is 1.62. The molecule has 2 heterocycles. The molecular formula is C12H12N4O3. The quantitative estimate of drug-likeness (QED) is 0.546. The van der Waals surface area contributed by atoms with Crippen LogP contribution in [0.5, 0.6) is 0 Å². The molecule has 0 bridgehead atoms. The maximum Gasteiger partial charge on any atom is 0.417 e. The number of aromatic nitrogens is 3. The van der Waals surface area contributed by atoms with Gasteiger partial charge in [0.05, 0.1) is 30.1 Å². The molecule has 0 amide bonds. The lowest BCUT2D eigenvalue weighted by Gasteiger charge is -2.03. The second-order valence-electron chi connectivity index (χ2n) is 4.20. The van der Waals surface area contributed by atoms with Gasteiger partial charge in [-0.05, 0) is 12.1 Å². The summed E-state index contributed by atoms with van der Waals surface area (Å²) in [6.45, 7) is -0.182. The van der Waals surface area contributed by atoms with Crippen LogP contribution in [0.2, 0.25) is 0 Å². The van der Waals surface area contributed by atoms with Crippen LogP contribution in [-0.4, -0.2) is 26.7 Å². The molecule has 0 fully saturated rings. The largest absolute Gasteiger partial charge is 0.417 e. The Kier molecular flexibility index (Phi) is 2.69. The van der Waals surface area contributed by atoms with Gasteiger partial charge in [-0.3, -0.25) is 4.98 Å². The van der Waals surface area contributed by atoms with Gasteiger partial charge < -0.3 is 20.2 Å². The number of nitrogens with one attached hydrogen (secondary N) is 2. The van der Waals surface area contributed by atoms with Crippen molar-refractivity contribution in [1.29, 1.82) is 0 Å². The van der Waals surface area contributed by atoms with Gasteiger partial charge in [-0.2, -0.15) is 0 Å². The van der Waals surface area contributed by atoms with Gasteiger partial charge in [0.15, 0.2) is 5.58 Å². The fourth-order valence-electron chi connectivity index (χ4n) is 1.87. The summed E-state index contributed by atoms with van der Waals surface area (Å²) in [4.78, 5) is 20.8. The van der Waals surface area contributed by atoms with Crippen LogP contribution in [0.4, 0.5) is 0 Å². The number of rotatable bonds is 3. The van der Waals surface area contributed by atoms with Crippen LogP contribution in [0.3, 0.4) is 0 Å². The van der Waals surface area contributed by atoms with Crippen molar-refractivity contribution in [3.8, 4) is 11.3 Å². The molecule has 1 unspecified atom stereocenters. The van der Waals surface area contributed by atoms with E-state index < -0.39 is 11.8 Å². The number of oxazole rings is 1. The van der Waals surface area contributed by atoms with Crippen LogP contribution in [0.25, 0.3) is 22.4 Å². The molecule has 7 heteroatoms. The molecule has 0 radical (unpaired) electrons. The number of hydrogen-bond acceptors (Lipinski definition) is 5. The third-order valence-electron chi connectivity index (χ3n) is 2.88. The Balaban J connectivity index is 2.03. The Morgan fingerprint density at radius 2 is 2.26 bits per heavy atom. The maximum absolute atomic E-state index is 11.1. The van der Waals surface area contributed by atoms with Gasteiger partial charge in [0.25, 0.3) is 0 Å². The van der Waals surface area contributed by atoms with Crippen LogP contribution in [-0.2, 0) is 0 Å². The fraction of sp³-hybridized carbons (Fsp3) is 0.167.